The maximum absolute atomic E-state index is 12.9. The molecular formula is C17H16FN3. The monoisotopic (exact) mass is 281 g/mol. The van der Waals surface area contributed by atoms with E-state index in [0.717, 1.165) is 30.7 Å². The van der Waals surface area contributed by atoms with Gasteiger partial charge in [0.15, 0.2) is 5.82 Å². The lowest BCUT2D eigenvalue weighted by Gasteiger charge is -1.99. The zero-order valence-corrected chi connectivity index (χ0v) is 11.6. The van der Waals surface area contributed by atoms with E-state index in [1.165, 1.54) is 17.7 Å². The van der Waals surface area contributed by atoms with E-state index in [9.17, 15) is 4.39 Å². The van der Waals surface area contributed by atoms with E-state index in [0.29, 0.717) is 5.82 Å². The molecule has 0 amide bonds. The molecule has 0 aliphatic rings. The number of H-pyrrole nitrogens is 1. The summed E-state index contributed by atoms with van der Waals surface area (Å²) in [6.45, 7) is 0. The van der Waals surface area contributed by atoms with Gasteiger partial charge in [-0.3, -0.25) is 5.10 Å². The van der Waals surface area contributed by atoms with Gasteiger partial charge in [0.25, 0.3) is 0 Å². The Hall–Kier alpha value is -2.49. The number of nitrogens with one attached hydrogen (secondary N) is 1. The van der Waals surface area contributed by atoms with Crippen LogP contribution in [0.2, 0.25) is 0 Å². The number of aromatic amines is 1. The number of nitrogens with zero attached hydrogens (tertiary/aromatic N) is 2. The maximum Gasteiger partial charge on any atom is 0.181 e. The molecule has 0 bridgehead atoms. The van der Waals surface area contributed by atoms with E-state index in [-0.39, 0.29) is 5.82 Å². The van der Waals surface area contributed by atoms with Gasteiger partial charge in [0.1, 0.15) is 11.6 Å². The molecule has 3 nitrogen and oxygen atoms in total. The Balaban J connectivity index is 1.59. The molecule has 1 N–H and O–H groups in total. The van der Waals surface area contributed by atoms with E-state index in [1.54, 1.807) is 12.1 Å². The number of halogens is 1. The van der Waals surface area contributed by atoms with Crippen LogP contribution in [-0.4, -0.2) is 15.2 Å². The summed E-state index contributed by atoms with van der Waals surface area (Å²) >= 11 is 0. The number of benzene rings is 2. The van der Waals surface area contributed by atoms with Crippen molar-refractivity contribution >= 4 is 0 Å². The van der Waals surface area contributed by atoms with Crippen LogP contribution in [-0.2, 0) is 12.8 Å². The minimum Gasteiger partial charge on any atom is -0.263 e. The van der Waals surface area contributed by atoms with Crippen molar-refractivity contribution in [2.45, 2.75) is 19.3 Å². The topological polar surface area (TPSA) is 41.6 Å². The molecule has 21 heavy (non-hydrogen) atoms. The summed E-state index contributed by atoms with van der Waals surface area (Å²) in [6, 6.07) is 16.6. The molecule has 106 valence electrons. The van der Waals surface area contributed by atoms with Gasteiger partial charge >= 0.3 is 0 Å². The van der Waals surface area contributed by atoms with Crippen LogP contribution in [0.15, 0.2) is 54.6 Å². The van der Waals surface area contributed by atoms with Crippen LogP contribution in [0.25, 0.3) is 11.4 Å². The van der Waals surface area contributed by atoms with Crippen LogP contribution in [0.4, 0.5) is 4.39 Å². The van der Waals surface area contributed by atoms with E-state index < -0.39 is 0 Å². The normalized spacial score (nSPS) is 10.7. The SMILES string of the molecule is Fc1ccc(-c2n[nH]c(CCCc3ccccc3)n2)cc1. The lowest BCUT2D eigenvalue weighted by Crippen LogP contribution is -1.92. The predicted molar refractivity (Wildman–Crippen MR) is 80.2 cm³/mol. The molecule has 0 aliphatic heterocycles. The van der Waals surface area contributed by atoms with Crippen molar-refractivity contribution in [3.8, 4) is 11.4 Å². The first-order valence-corrected chi connectivity index (χ1v) is 7.02. The van der Waals surface area contributed by atoms with E-state index in [2.05, 4.69) is 39.4 Å². The largest absolute Gasteiger partial charge is 0.263 e. The Morgan fingerprint density at radius 1 is 0.905 bits per heavy atom. The second-order valence-corrected chi connectivity index (χ2v) is 4.95. The van der Waals surface area contributed by atoms with Gasteiger partial charge in [-0.15, -0.1) is 0 Å². The number of rotatable bonds is 5. The lowest BCUT2D eigenvalue weighted by atomic mass is 10.1. The first-order chi connectivity index (χ1) is 10.3. The van der Waals surface area contributed by atoms with Gasteiger partial charge in [-0.2, -0.15) is 5.10 Å². The molecule has 0 saturated heterocycles. The standard InChI is InChI=1S/C17H16FN3/c18-15-11-9-14(10-12-15)17-19-16(20-21-17)8-4-7-13-5-2-1-3-6-13/h1-3,5-6,9-12H,4,7-8H2,(H,19,20,21). The summed E-state index contributed by atoms with van der Waals surface area (Å²) in [5.74, 6) is 1.23. The highest BCUT2D eigenvalue weighted by atomic mass is 19.1. The van der Waals surface area contributed by atoms with Crippen molar-refractivity contribution < 1.29 is 4.39 Å². The Kier molecular flexibility index (Phi) is 4.05. The molecule has 0 spiro atoms. The smallest absolute Gasteiger partial charge is 0.181 e. The van der Waals surface area contributed by atoms with Crippen LogP contribution in [0.1, 0.15) is 17.8 Å². The van der Waals surface area contributed by atoms with Crippen LogP contribution in [0.3, 0.4) is 0 Å². The van der Waals surface area contributed by atoms with E-state index in [4.69, 9.17) is 0 Å². The fourth-order valence-corrected chi connectivity index (χ4v) is 2.24. The molecule has 1 heterocycles. The summed E-state index contributed by atoms with van der Waals surface area (Å²) in [4.78, 5) is 4.45. The van der Waals surface area contributed by atoms with Crippen molar-refractivity contribution in [2.24, 2.45) is 0 Å². The third-order valence-corrected chi connectivity index (χ3v) is 3.36. The number of aromatic nitrogens is 3. The van der Waals surface area contributed by atoms with Crippen molar-refractivity contribution in [2.75, 3.05) is 0 Å². The average Bonchev–Trinajstić information content (AvgIpc) is 2.98. The first kappa shape index (κ1) is 13.5. The molecule has 3 aromatic rings. The van der Waals surface area contributed by atoms with Crippen molar-refractivity contribution in [3.63, 3.8) is 0 Å². The molecule has 1 aromatic heterocycles. The molecule has 2 aromatic carbocycles. The molecule has 0 atom stereocenters. The van der Waals surface area contributed by atoms with Crippen LogP contribution < -0.4 is 0 Å². The summed E-state index contributed by atoms with van der Waals surface area (Å²) in [5.41, 5.74) is 2.15. The van der Waals surface area contributed by atoms with Crippen LogP contribution >= 0.6 is 0 Å². The number of hydrogen-bond acceptors (Lipinski definition) is 2. The Morgan fingerprint density at radius 2 is 1.67 bits per heavy atom. The van der Waals surface area contributed by atoms with E-state index >= 15 is 0 Å². The number of aryl methyl sites for hydroxylation is 2. The van der Waals surface area contributed by atoms with Gasteiger partial charge in [-0.25, -0.2) is 9.37 Å². The lowest BCUT2D eigenvalue weighted by molar-refractivity contribution is 0.628. The fraction of sp³-hybridized carbons (Fsp3) is 0.176. The zero-order valence-electron chi connectivity index (χ0n) is 11.6. The Labute approximate surface area is 122 Å². The van der Waals surface area contributed by atoms with Crippen LogP contribution in [0, 0.1) is 5.82 Å². The van der Waals surface area contributed by atoms with Gasteiger partial charge in [0.05, 0.1) is 0 Å². The third kappa shape index (κ3) is 3.54. The van der Waals surface area contributed by atoms with Crippen molar-refractivity contribution in [3.05, 3.63) is 71.8 Å². The Bertz CT molecular complexity index is 690. The van der Waals surface area contributed by atoms with Gasteiger partial charge in [-0.1, -0.05) is 30.3 Å². The summed E-state index contributed by atoms with van der Waals surface area (Å²) in [7, 11) is 0. The molecule has 0 saturated carbocycles. The second kappa shape index (κ2) is 6.31. The summed E-state index contributed by atoms with van der Waals surface area (Å²) in [6.07, 6.45) is 2.89. The van der Waals surface area contributed by atoms with Gasteiger partial charge in [-0.05, 0) is 42.7 Å². The quantitative estimate of drug-likeness (QED) is 0.773. The molecule has 0 fully saturated rings. The molecule has 3 rings (SSSR count). The summed E-state index contributed by atoms with van der Waals surface area (Å²) < 4.78 is 12.9. The third-order valence-electron chi connectivity index (χ3n) is 3.36. The molecule has 4 heteroatoms. The average molecular weight is 281 g/mol. The molecule has 0 radical (unpaired) electrons. The minimum atomic E-state index is -0.252. The molecule has 0 aliphatic carbocycles. The predicted octanol–water partition coefficient (Wildman–Crippen LogP) is 3.79. The second-order valence-electron chi connectivity index (χ2n) is 4.95. The van der Waals surface area contributed by atoms with Gasteiger partial charge in [0.2, 0.25) is 0 Å². The van der Waals surface area contributed by atoms with Crippen LogP contribution in [0.5, 0.6) is 0 Å². The van der Waals surface area contributed by atoms with Crippen molar-refractivity contribution in [1.29, 1.82) is 0 Å². The highest BCUT2D eigenvalue weighted by Gasteiger charge is 2.06. The van der Waals surface area contributed by atoms with Gasteiger partial charge < -0.3 is 0 Å². The maximum atomic E-state index is 12.9. The highest BCUT2D eigenvalue weighted by molar-refractivity contribution is 5.53. The Morgan fingerprint density at radius 3 is 2.43 bits per heavy atom. The van der Waals surface area contributed by atoms with E-state index in [1.807, 2.05) is 6.07 Å². The first-order valence-electron chi connectivity index (χ1n) is 7.02. The minimum absolute atomic E-state index is 0.252. The van der Waals surface area contributed by atoms with Gasteiger partial charge in [0, 0.05) is 12.0 Å². The highest BCUT2D eigenvalue weighted by Crippen LogP contribution is 2.15. The molecular weight excluding hydrogens is 265 g/mol. The number of hydrogen-bond donors (Lipinski definition) is 1. The fourth-order valence-electron chi connectivity index (χ4n) is 2.24. The zero-order chi connectivity index (χ0) is 14.5. The van der Waals surface area contributed by atoms with Crippen molar-refractivity contribution in [1.82, 2.24) is 15.2 Å². The summed E-state index contributed by atoms with van der Waals surface area (Å²) in [5, 5.41) is 7.13. The molecule has 0 unspecified atom stereocenters.